The summed E-state index contributed by atoms with van der Waals surface area (Å²) in [6.45, 7) is 3.44. The summed E-state index contributed by atoms with van der Waals surface area (Å²) in [6, 6.07) is 7.64. The van der Waals surface area contributed by atoms with E-state index in [4.69, 9.17) is 11.0 Å². The van der Waals surface area contributed by atoms with Gasteiger partial charge in [0.2, 0.25) is 0 Å². The number of aromatic nitrogens is 2. The van der Waals surface area contributed by atoms with Crippen molar-refractivity contribution < 1.29 is 0 Å². The first-order chi connectivity index (χ1) is 10.3. The van der Waals surface area contributed by atoms with Crippen LogP contribution >= 0.6 is 0 Å². The minimum Gasteiger partial charge on any atom is -0.396 e. The van der Waals surface area contributed by atoms with Crippen LogP contribution in [0.3, 0.4) is 0 Å². The maximum absolute atomic E-state index is 8.96. The third-order valence-corrected chi connectivity index (χ3v) is 3.65. The molecule has 0 saturated carbocycles. The number of nitrogens with zero attached hydrogens (tertiary/aromatic N) is 5. The van der Waals surface area contributed by atoms with Crippen LogP contribution in [0.15, 0.2) is 36.8 Å². The van der Waals surface area contributed by atoms with Gasteiger partial charge < -0.3 is 15.5 Å². The van der Waals surface area contributed by atoms with E-state index in [2.05, 4.69) is 25.8 Å². The number of nitrogen functional groups attached to an aromatic ring is 1. The Bertz CT molecular complexity index is 670. The normalized spacial score (nSPS) is 14.8. The van der Waals surface area contributed by atoms with Crippen LogP contribution in [-0.4, -0.2) is 36.1 Å². The van der Waals surface area contributed by atoms with Crippen LogP contribution in [0.2, 0.25) is 0 Å². The molecule has 106 valence electrons. The van der Waals surface area contributed by atoms with Gasteiger partial charge in [0.05, 0.1) is 29.2 Å². The monoisotopic (exact) mass is 280 g/mol. The lowest BCUT2D eigenvalue weighted by atomic mass is 10.2. The molecule has 6 heteroatoms. The van der Waals surface area contributed by atoms with Crippen molar-refractivity contribution in [2.24, 2.45) is 0 Å². The zero-order valence-corrected chi connectivity index (χ0v) is 11.6. The van der Waals surface area contributed by atoms with Crippen LogP contribution in [0.5, 0.6) is 0 Å². The van der Waals surface area contributed by atoms with Crippen LogP contribution in [0.1, 0.15) is 5.56 Å². The number of rotatable bonds is 2. The number of nitrogens with two attached hydrogens (primary N) is 1. The Morgan fingerprint density at radius 2 is 1.86 bits per heavy atom. The van der Waals surface area contributed by atoms with Crippen LogP contribution in [0.4, 0.5) is 17.2 Å². The summed E-state index contributed by atoms with van der Waals surface area (Å²) in [5.41, 5.74) is 8.34. The molecule has 0 unspecified atom stereocenters. The van der Waals surface area contributed by atoms with Gasteiger partial charge in [-0.05, 0) is 18.2 Å². The van der Waals surface area contributed by atoms with Crippen molar-refractivity contribution >= 4 is 17.2 Å². The van der Waals surface area contributed by atoms with Gasteiger partial charge in [0, 0.05) is 38.6 Å². The molecule has 2 aromatic rings. The van der Waals surface area contributed by atoms with Crippen molar-refractivity contribution in [1.82, 2.24) is 9.97 Å². The van der Waals surface area contributed by atoms with Crippen molar-refractivity contribution in [3.05, 3.63) is 42.4 Å². The summed E-state index contributed by atoms with van der Waals surface area (Å²) in [7, 11) is 0. The number of hydrogen-bond donors (Lipinski definition) is 1. The molecule has 0 aromatic carbocycles. The summed E-state index contributed by atoms with van der Waals surface area (Å²) >= 11 is 0. The molecule has 1 aliphatic heterocycles. The fraction of sp³-hybridized carbons (Fsp3) is 0.267. The second kappa shape index (κ2) is 5.67. The molecule has 1 aliphatic rings. The Kier molecular flexibility index (Phi) is 3.56. The molecule has 21 heavy (non-hydrogen) atoms. The fourth-order valence-corrected chi connectivity index (χ4v) is 2.52. The third kappa shape index (κ3) is 2.72. The average molecular weight is 280 g/mol. The minimum absolute atomic E-state index is 0.640. The van der Waals surface area contributed by atoms with Gasteiger partial charge in [0.25, 0.3) is 0 Å². The van der Waals surface area contributed by atoms with Gasteiger partial charge in [-0.2, -0.15) is 5.26 Å². The lowest BCUT2D eigenvalue weighted by Crippen LogP contribution is -2.47. The zero-order valence-electron chi connectivity index (χ0n) is 11.6. The third-order valence-electron chi connectivity index (χ3n) is 3.65. The van der Waals surface area contributed by atoms with Crippen molar-refractivity contribution in [2.75, 3.05) is 41.7 Å². The van der Waals surface area contributed by atoms with E-state index in [-0.39, 0.29) is 0 Å². The molecule has 0 spiro atoms. The van der Waals surface area contributed by atoms with E-state index >= 15 is 0 Å². The van der Waals surface area contributed by atoms with Gasteiger partial charge in [-0.15, -0.1) is 0 Å². The Labute approximate surface area is 123 Å². The zero-order chi connectivity index (χ0) is 14.7. The number of piperazine rings is 1. The molecule has 0 bridgehead atoms. The summed E-state index contributed by atoms with van der Waals surface area (Å²) < 4.78 is 0. The summed E-state index contributed by atoms with van der Waals surface area (Å²) in [5.74, 6) is 0.858. The Hall–Kier alpha value is -2.81. The van der Waals surface area contributed by atoms with Gasteiger partial charge in [-0.25, -0.2) is 4.98 Å². The van der Waals surface area contributed by atoms with E-state index in [1.807, 2.05) is 12.1 Å². The van der Waals surface area contributed by atoms with E-state index in [0.717, 1.165) is 37.7 Å². The van der Waals surface area contributed by atoms with Crippen LogP contribution in [0.25, 0.3) is 0 Å². The van der Waals surface area contributed by atoms with Gasteiger partial charge in [-0.3, -0.25) is 4.98 Å². The second-order valence-electron chi connectivity index (χ2n) is 4.92. The molecule has 1 saturated heterocycles. The second-order valence-corrected chi connectivity index (χ2v) is 4.92. The fourth-order valence-electron chi connectivity index (χ4n) is 2.52. The molecule has 0 aliphatic carbocycles. The molecule has 3 rings (SSSR count). The predicted octanol–water partition coefficient (Wildman–Crippen LogP) is 1.26. The van der Waals surface area contributed by atoms with Crippen molar-refractivity contribution in [2.45, 2.75) is 0 Å². The molecular weight excluding hydrogens is 264 g/mol. The maximum atomic E-state index is 8.96. The molecule has 2 N–H and O–H groups in total. The molecular formula is C15H16N6. The predicted molar refractivity (Wildman–Crippen MR) is 82.0 cm³/mol. The standard InChI is InChI=1S/C15H16N6/c16-10-12-1-4-19-15(9-12)21-7-5-20(6-8-21)14-2-3-18-11-13(14)17/h1-4,9,11H,5-8,17H2. The van der Waals surface area contributed by atoms with Crippen LogP contribution in [0, 0.1) is 11.3 Å². The first-order valence-electron chi connectivity index (χ1n) is 6.83. The summed E-state index contributed by atoms with van der Waals surface area (Å²) in [5, 5.41) is 8.96. The molecule has 0 radical (unpaired) electrons. The van der Waals surface area contributed by atoms with E-state index in [9.17, 15) is 0 Å². The highest BCUT2D eigenvalue weighted by Crippen LogP contribution is 2.24. The number of nitriles is 1. The van der Waals surface area contributed by atoms with Gasteiger partial charge in [0.1, 0.15) is 5.82 Å². The van der Waals surface area contributed by atoms with Gasteiger partial charge >= 0.3 is 0 Å². The van der Waals surface area contributed by atoms with Gasteiger partial charge in [-0.1, -0.05) is 0 Å². The molecule has 0 amide bonds. The summed E-state index contributed by atoms with van der Waals surface area (Å²) in [4.78, 5) is 12.8. The Morgan fingerprint density at radius 1 is 1.10 bits per heavy atom. The van der Waals surface area contributed by atoms with Gasteiger partial charge in [0.15, 0.2) is 0 Å². The highest BCUT2D eigenvalue weighted by molar-refractivity contribution is 5.66. The summed E-state index contributed by atoms with van der Waals surface area (Å²) in [6.07, 6.45) is 5.12. The Balaban J connectivity index is 1.71. The number of anilines is 3. The highest BCUT2D eigenvalue weighted by Gasteiger charge is 2.19. The minimum atomic E-state index is 0.640. The average Bonchev–Trinajstić information content (AvgIpc) is 2.56. The van der Waals surface area contributed by atoms with Crippen LogP contribution in [-0.2, 0) is 0 Å². The number of hydrogen-bond acceptors (Lipinski definition) is 6. The molecule has 2 aromatic heterocycles. The lowest BCUT2D eigenvalue weighted by Gasteiger charge is -2.37. The molecule has 1 fully saturated rings. The van der Waals surface area contributed by atoms with E-state index in [1.54, 1.807) is 24.7 Å². The largest absolute Gasteiger partial charge is 0.396 e. The molecule has 3 heterocycles. The SMILES string of the molecule is N#Cc1ccnc(N2CCN(c3ccncc3N)CC2)c1. The van der Waals surface area contributed by atoms with Crippen LogP contribution < -0.4 is 15.5 Å². The van der Waals surface area contributed by atoms with Crippen molar-refractivity contribution in [3.63, 3.8) is 0 Å². The van der Waals surface area contributed by atoms with Crippen molar-refractivity contribution in [1.29, 1.82) is 5.26 Å². The first kappa shape index (κ1) is 13.2. The smallest absolute Gasteiger partial charge is 0.129 e. The Morgan fingerprint density at radius 3 is 2.57 bits per heavy atom. The maximum Gasteiger partial charge on any atom is 0.129 e. The lowest BCUT2D eigenvalue weighted by molar-refractivity contribution is 0.648. The van der Waals surface area contributed by atoms with E-state index < -0.39 is 0 Å². The molecule has 6 nitrogen and oxygen atoms in total. The van der Waals surface area contributed by atoms with E-state index in [0.29, 0.717) is 11.3 Å². The molecule has 0 atom stereocenters. The first-order valence-corrected chi connectivity index (χ1v) is 6.83. The highest BCUT2D eigenvalue weighted by atomic mass is 15.3. The quantitative estimate of drug-likeness (QED) is 0.891. The topological polar surface area (TPSA) is 82.1 Å². The number of pyridine rings is 2. The van der Waals surface area contributed by atoms with Crippen molar-refractivity contribution in [3.8, 4) is 6.07 Å². The van der Waals surface area contributed by atoms with E-state index in [1.165, 1.54) is 0 Å².